The number of piperidine rings is 1. The first-order chi connectivity index (χ1) is 14.1. The van der Waals surface area contributed by atoms with E-state index in [4.69, 9.17) is 4.98 Å². The van der Waals surface area contributed by atoms with Gasteiger partial charge in [0.1, 0.15) is 0 Å². The van der Waals surface area contributed by atoms with Crippen molar-refractivity contribution in [3.63, 3.8) is 0 Å². The van der Waals surface area contributed by atoms with Gasteiger partial charge in [0, 0.05) is 19.1 Å². The third-order valence-electron chi connectivity index (χ3n) is 6.78. The molecule has 0 unspecified atom stereocenters. The number of para-hydroxylation sites is 1. The van der Waals surface area contributed by atoms with Gasteiger partial charge < -0.3 is 4.90 Å². The summed E-state index contributed by atoms with van der Waals surface area (Å²) in [7, 11) is 0. The van der Waals surface area contributed by atoms with Crippen molar-refractivity contribution >= 4 is 28.6 Å². The number of carbonyl (C=O) groups is 1. The summed E-state index contributed by atoms with van der Waals surface area (Å²) in [6, 6.07) is 7.53. The summed E-state index contributed by atoms with van der Waals surface area (Å²) in [6.45, 7) is 5.90. The zero-order chi connectivity index (χ0) is 20.4. The molecule has 3 atom stereocenters. The first-order valence-electron chi connectivity index (χ1n) is 11.0. The van der Waals surface area contributed by atoms with Crippen molar-refractivity contribution < 1.29 is 4.79 Å². The van der Waals surface area contributed by atoms with Gasteiger partial charge in [0.05, 0.1) is 16.7 Å². The van der Waals surface area contributed by atoms with Gasteiger partial charge in [-0.05, 0) is 50.2 Å². The van der Waals surface area contributed by atoms with Gasteiger partial charge >= 0.3 is 0 Å². The number of benzene rings is 1. The molecule has 1 aliphatic heterocycles. The predicted octanol–water partition coefficient (Wildman–Crippen LogP) is 4.50. The van der Waals surface area contributed by atoms with Crippen LogP contribution in [0.3, 0.4) is 0 Å². The molecule has 1 aromatic carbocycles. The first kappa shape index (κ1) is 20.5. The Balaban J connectivity index is 1.51. The van der Waals surface area contributed by atoms with Crippen molar-refractivity contribution in [2.75, 3.05) is 18.8 Å². The topological polar surface area (TPSA) is 55.2 Å². The number of hydrogen-bond donors (Lipinski definition) is 0. The molecule has 1 aliphatic carbocycles. The maximum absolute atomic E-state index is 13.1. The van der Waals surface area contributed by atoms with E-state index in [0.29, 0.717) is 27.7 Å². The largest absolute Gasteiger partial charge is 0.342 e. The second-order valence-corrected chi connectivity index (χ2v) is 9.51. The number of amides is 1. The summed E-state index contributed by atoms with van der Waals surface area (Å²) in [6.07, 6.45) is 7.25. The fourth-order valence-corrected chi connectivity index (χ4v) is 5.84. The maximum Gasteiger partial charge on any atom is 0.262 e. The molecule has 4 rings (SSSR count). The Morgan fingerprint density at radius 3 is 2.76 bits per heavy atom. The molecule has 0 bridgehead atoms. The Morgan fingerprint density at radius 2 is 1.97 bits per heavy atom. The van der Waals surface area contributed by atoms with Crippen LogP contribution in [-0.2, 0) is 4.79 Å². The molecule has 0 radical (unpaired) electrons. The van der Waals surface area contributed by atoms with E-state index in [1.807, 2.05) is 36.1 Å². The van der Waals surface area contributed by atoms with E-state index in [1.54, 1.807) is 4.57 Å². The summed E-state index contributed by atoms with van der Waals surface area (Å²) in [4.78, 5) is 32.8. The van der Waals surface area contributed by atoms with Crippen molar-refractivity contribution in [3.05, 3.63) is 34.6 Å². The third-order valence-corrected chi connectivity index (χ3v) is 7.71. The molecule has 2 heterocycles. The van der Waals surface area contributed by atoms with E-state index in [1.165, 1.54) is 37.4 Å². The van der Waals surface area contributed by atoms with Gasteiger partial charge in [-0.2, -0.15) is 0 Å². The molecule has 1 saturated carbocycles. The monoisotopic (exact) mass is 413 g/mol. The lowest BCUT2D eigenvalue weighted by Gasteiger charge is -2.41. The minimum absolute atomic E-state index is 0.0112. The van der Waals surface area contributed by atoms with E-state index < -0.39 is 0 Å². The van der Waals surface area contributed by atoms with Gasteiger partial charge in [-0.15, -0.1) is 0 Å². The second kappa shape index (κ2) is 8.90. The second-order valence-electron chi connectivity index (χ2n) is 8.57. The number of nitrogens with zero attached hydrogens (tertiary/aromatic N) is 3. The average molecular weight is 414 g/mol. The first-order valence-corrected chi connectivity index (χ1v) is 12.0. The standard InChI is InChI=1S/C23H31N3O2S/c1-3-16(2)26-22(28)19-10-6-7-11-20(19)24-23(26)29-15-21(27)25-13-12-17-8-4-5-9-18(17)14-25/h6-7,10-11,16-18H,3-5,8-9,12-15H2,1-2H3/t16-,17+,18-/m1/s1. The number of likely N-dealkylation sites (tertiary alicyclic amines) is 1. The van der Waals surface area contributed by atoms with E-state index in [2.05, 4.69) is 6.92 Å². The van der Waals surface area contributed by atoms with E-state index in [-0.39, 0.29) is 17.5 Å². The lowest BCUT2D eigenvalue weighted by molar-refractivity contribution is -0.131. The molecule has 6 heteroatoms. The molecule has 2 aliphatic rings. The lowest BCUT2D eigenvalue weighted by Crippen LogP contribution is -2.45. The minimum Gasteiger partial charge on any atom is -0.342 e. The highest BCUT2D eigenvalue weighted by atomic mass is 32.2. The highest BCUT2D eigenvalue weighted by Gasteiger charge is 2.33. The van der Waals surface area contributed by atoms with Crippen LogP contribution in [0.2, 0.25) is 0 Å². The molecule has 1 amide bonds. The molecule has 5 nitrogen and oxygen atoms in total. The van der Waals surface area contributed by atoms with Crippen LogP contribution in [-0.4, -0.2) is 39.2 Å². The maximum atomic E-state index is 13.1. The summed E-state index contributed by atoms with van der Waals surface area (Å²) in [5.74, 6) is 2.03. The number of thioether (sulfide) groups is 1. The molecule has 0 N–H and O–H groups in total. The number of fused-ring (bicyclic) bond motifs is 2. The Kier molecular flexibility index (Phi) is 6.28. The highest BCUT2D eigenvalue weighted by molar-refractivity contribution is 7.99. The number of rotatable bonds is 5. The van der Waals surface area contributed by atoms with Crippen LogP contribution >= 0.6 is 11.8 Å². The molecular weight excluding hydrogens is 382 g/mol. The summed E-state index contributed by atoms with van der Waals surface area (Å²) >= 11 is 1.41. The molecular formula is C23H31N3O2S. The van der Waals surface area contributed by atoms with Crippen molar-refractivity contribution in [2.24, 2.45) is 11.8 Å². The van der Waals surface area contributed by atoms with Crippen LogP contribution in [0.5, 0.6) is 0 Å². The van der Waals surface area contributed by atoms with Crippen molar-refractivity contribution in [1.29, 1.82) is 0 Å². The fourth-order valence-electron chi connectivity index (χ4n) is 4.84. The van der Waals surface area contributed by atoms with Gasteiger partial charge in [0.25, 0.3) is 5.56 Å². The fraction of sp³-hybridized carbons (Fsp3) is 0.609. The number of aromatic nitrogens is 2. The summed E-state index contributed by atoms with van der Waals surface area (Å²) in [5.41, 5.74) is 0.693. The van der Waals surface area contributed by atoms with Crippen molar-refractivity contribution in [3.8, 4) is 0 Å². The molecule has 29 heavy (non-hydrogen) atoms. The van der Waals surface area contributed by atoms with Crippen LogP contribution in [0, 0.1) is 11.8 Å². The van der Waals surface area contributed by atoms with Crippen LogP contribution in [0.4, 0.5) is 0 Å². The Hall–Kier alpha value is -1.82. The normalized spacial score (nSPS) is 23.0. The molecule has 0 spiro atoms. The molecule has 2 aromatic rings. The summed E-state index contributed by atoms with van der Waals surface area (Å²) in [5, 5.41) is 1.30. The van der Waals surface area contributed by atoms with E-state index in [0.717, 1.165) is 31.8 Å². The van der Waals surface area contributed by atoms with Crippen LogP contribution in [0.25, 0.3) is 10.9 Å². The zero-order valence-corrected chi connectivity index (χ0v) is 18.3. The average Bonchev–Trinajstić information content (AvgIpc) is 2.76. The molecule has 1 aromatic heterocycles. The van der Waals surface area contributed by atoms with Crippen LogP contribution < -0.4 is 5.56 Å². The third kappa shape index (κ3) is 4.23. The van der Waals surface area contributed by atoms with Crippen molar-refractivity contribution in [1.82, 2.24) is 14.5 Å². The summed E-state index contributed by atoms with van der Waals surface area (Å²) < 4.78 is 1.77. The molecule has 1 saturated heterocycles. The SMILES string of the molecule is CC[C@@H](C)n1c(SCC(=O)N2CC[C@@H]3CCCC[C@@H]3C2)nc2ccccc2c1=O. The molecule has 2 fully saturated rings. The van der Waals surface area contributed by atoms with Gasteiger partial charge in [0.15, 0.2) is 5.16 Å². The quantitative estimate of drug-likeness (QED) is 0.535. The number of carbonyl (C=O) groups excluding carboxylic acids is 1. The Bertz CT molecular complexity index is 941. The van der Waals surface area contributed by atoms with Gasteiger partial charge in [-0.25, -0.2) is 4.98 Å². The van der Waals surface area contributed by atoms with Crippen LogP contribution in [0.15, 0.2) is 34.2 Å². The van der Waals surface area contributed by atoms with Gasteiger partial charge in [0.2, 0.25) is 5.91 Å². The van der Waals surface area contributed by atoms with Crippen LogP contribution in [0.1, 0.15) is 58.4 Å². The predicted molar refractivity (Wildman–Crippen MR) is 118 cm³/mol. The highest BCUT2D eigenvalue weighted by Crippen LogP contribution is 2.36. The smallest absolute Gasteiger partial charge is 0.262 e. The number of hydrogen-bond acceptors (Lipinski definition) is 4. The minimum atomic E-state index is -0.0112. The lowest BCUT2D eigenvalue weighted by atomic mass is 9.75. The Morgan fingerprint density at radius 1 is 1.21 bits per heavy atom. The van der Waals surface area contributed by atoms with E-state index in [9.17, 15) is 9.59 Å². The van der Waals surface area contributed by atoms with E-state index >= 15 is 0 Å². The zero-order valence-electron chi connectivity index (χ0n) is 17.5. The Labute approximate surface area is 176 Å². The molecule has 156 valence electrons. The van der Waals surface area contributed by atoms with Crippen molar-refractivity contribution in [2.45, 2.75) is 63.6 Å². The van der Waals surface area contributed by atoms with Gasteiger partial charge in [-0.3, -0.25) is 14.2 Å². The van der Waals surface area contributed by atoms with Gasteiger partial charge in [-0.1, -0.05) is 50.1 Å².